The largest absolute Gasteiger partial charge is 0.506 e. The average molecular weight is 449 g/mol. The molecule has 0 heterocycles. The molecule has 0 saturated carbocycles. The summed E-state index contributed by atoms with van der Waals surface area (Å²) in [5.41, 5.74) is 2.08. The van der Waals surface area contributed by atoms with E-state index in [4.69, 9.17) is 5.84 Å². The molecule has 1 atom stereocenters. The number of hydrazone groups is 1. The van der Waals surface area contributed by atoms with Gasteiger partial charge >= 0.3 is 5.97 Å². The lowest BCUT2D eigenvalue weighted by molar-refractivity contribution is -0.141. The first kappa shape index (κ1) is 24.2. The highest BCUT2D eigenvalue weighted by atomic mass is 32.2. The fraction of sp³-hybridized carbons (Fsp3) is 0.333. The van der Waals surface area contributed by atoms with Gasteiger partial charge in [0, 0.05) is 19.0 Å². The van der Waals surface area contributed by atoms with Crippen LogP contribution >= 0.6 is 0 Å². The molecule has 0 aromatic heterocycles. The number of hydrogen-bond acceptors (Lipinski definition) is 6. The molecule has 0 bridgehead atoms. The van der Waals surface area contributed by atoms with Gasteiger partial charge in [-0.15, -0.1) is 0 Å². The lowest BCUT2D eigenvalue weighted by Crippen LogP contribution is -2.44. The number of rotatable bonds is 11. The van der Waals surface area contributed by atoms with Crippen molar-refractivity contribution in [3.63, 3.8) is 0 Å². The molecule has 0 amide bonds. The molecule has 168 valence electrons. The highest BCUT2D eigenvalue weighted by molar-refractivity contribution is 7.89. The van der Waals surface area contributed by atoms with Crippen molar-refractivity contribution in [2.24, 2.45) is 10.9 Å². The molecule has 5 N–H and O–H groups in total. The maximum absolute atomic E-state index is 12.6. The second kappa shape index (κ2) is 10.8. The minimum Gasteiger partial charge on any atom is -0.506 e. The van der Waals surface area contributed by atoms with Crippen LogP contribution in [0.3, 0.4) is 0 Å². The number of phenols is 1. The summed E-state index contributed by atoms with van der Waals surface area (Å²) in [6.07, 6.45) is 2.22. The molecule has 2 aromatic rings. The van der Waals surface area contributed by atoms with Gasteiger partial charge in [0.25, 0.3) is 0 Å². The first-order valence-corrected chi connectivity index (χ1v) is 11.4. The SMILES string of the molecule is CCCCS(=O)(=O)N(C)C(Cc1ccc(O)c(NC=NN)c1-c1ccccc1)C(=O)O. The number of aromatic hydroxyl groups is 1. The van der Waals surface area contributed by atoms with Crippen LogP contribution in [-0.4, -0.2) is 54.1 Å². The minimum absolute atomic E-state index is 0.0849. The zero-order chi connectivity index (χ0) is 23.0. The summed E-state index contributed by atoms with van der Waals surface area (Å²) < 4.78 is 26.2. The molecule has 0 aliphatic carbocycles. The quantitative estimate of drug-likeness (QED) is 0.136. The molecule has 1 unspecified atom stereocenters. The zero-order valence-corrected chi connectivity index (χ0v) is 18.3. The van der Waals surface area contributed by atoms with Gasteiger partial charge in [-0.05, 0) is 23.6 Å². The molecule has 9 nitrogen and oxygen atoms in total. The number of nitrogens with two attached hydrogens (primary N) is 1. The summed E-state index contributed by atoms with van der Waals surface area (Å²) in [6.45, 7) is 1.87. The van der Waals surface area contributed by atoms with E-state index in [1.54, 1.807) is 30.3 Å². The standard InChI is InChI=1S/C21H28N4O5S/c1-3-4-12-31(29,30)25(2)17(21(27)28)13-16-10-11-18(26)20(23-14-24-22)19(16)15-8-6-5-7-9-15/h5-11,14,17,26H,3-4,12-13,22H2,1-2H3,(H,23,24)(H,27,28). The van der Waals surface area contributed by atoms with Crippen LogP contribution < -0.4 is 11.2 Å². The molecule has 0 aliphatic heterocycles. The van der Waals surface area contributed by atoms with E-state index in [-0.39, 0.29) is 17.9 Å². The van der Waals surface area contributed by atoms with Gasteiger partial charge in [-0.25, -0.2) is 8.42 Å². The predicted octanol–water partition coefficient (Wildman–Crippen LogP) is 2.43. The Hall–Kier alpha value is -3.11. The second-order valence-corrected chi connectivity index (χ2v) is 9.17. The Balaban J connectivity index is 2.57. The number of carboxylic acid groups (broad SMARTS) is 1. The Morgan fingerprint density at radius 2 is 1.94 bits per heavy atom. The fourth-order valence-electron chi connectivity index (χ4n) is 3.23. The number of likely N-dealkylation sites (N-methyl/N-ethyl adjacent to an activating group) is 1. The number of phenolic OH excluding ortho intramolecular Hbond substituents is 1. The molecule has 2 aromatic carbocycles. The van der Waals surface area contributed by atoms with Gasteiger partial charge in [0.05, 0.1) is 11.4 Å². The number of benzene rings is 2. The van der Waals surface area contributed by atoms with Crippen LogP contribution in [0.4, 0.5) is 5.69 Å². The van der Waals surface area contributed by atoms with Crippen LogP contribution in [-0.2, 0) is 21.2 Å². The smallest absolute Gasteiger partial charge is 0.322 e. The van der Waals surface area contributed by atoms with E-state index in [9.17, 15) is 23.4 Å². The van der Waals surface area contributed by atoms with Crippen molar-refractivity contribution in [2.75, 3.05) is 18.1 Å². The van der Waals surface area contributed by atoms with Gasteiger partial charge in [-0.3, -0.25) is 4.79 Å². The molecule has 10 heteroatoms. The van der Waals surface area contributed by atoms with Gasteiger partial charge in [-0.1, -0.05) is 49.7 Å². The van der Waals surface area contributed by atoms with E-state index in [1.165, 1.54) is 19.5 Å². The van der Waals surface area contributed by atoms with Crippen LogP contribution in [0, 0.1) is 0 Å². The number of anilines is 1. The highest BCUT2D eigenvalue weighted by Gasteiger charge is 2.32. The summed E-state index contributed by atoms with van der Waals surface area (Å²) >= 11 is 0. The van der Waals surface area contributed by atoms with Crippen molar-refractivity contribution >= 4 is 28.0 Å². The van der Waals surface area contributed by atoms with Crippen LogP contribution in [0.25, 0.3) is 11.1 Å². The van der Waals surface area contributed by atoms with Crippen molar-refractivity contribution < 1.29 is 23.4 Å². The van der Waals surface area contributed by atoms with E-state index in [1.807, 2.05) is 13.0 Å². The lowest BCUT2D eigenvalue weighted by atomic mass is 9.93. The molecule has 0 radical (unpaired) electrons. The number of carbonyl (C=O) groups is 1. The van der Waals surface area contributed by atoms with Crippen molar-refractivity contribution in [1.82, 2.24) is 4.31 Å². The van der Waals surface area contributed by atoms with E-state index < -0.39 is 22.0 Å². The summed E-state index contributed by atoms with van der Waals surface area (Å²) in [6, 6.07) is 10.7. The molecule has 2 rings (SSSR count). The van der Waals surface area contributed by atoms with Crippen LogP contribution in [0.2, 0.25) is 0 Å². The van der Waals surface area contributed by atoms with Crippen molar-refractivity contribution in [3.05, 3.63) is 48.0 Å². The first-order valence-electron chi connectivity index (χ1n) is 9.80. The highest BCUT2D eigenvalue weighted by Crippen LogP contribution is 2.38. The Labute approximate surface area is 182 Å². The van der Waals surface area contributed by atoms with Gasteiger partial charge in [0.1, 0.15) is 18.1 Å². The zero-order valence-electron chi connectivity index (χ0n) is 17.5. The Bertz CT molecular complexity index is 1030. The number of aliphatic carboxylic acids is 1. The number of carboxylic acids is 1. The Morgan fingerprint density at radius 3 is 2.52 bits per heavy atom. The number of hydrogen-bond donors (Lipinski definition) is 4. The lowest BCUT2D eigenvalue weighted by Gasteiger charge is -2.26. The molecule has 0 spiro atoms. The van der Waals surface area contributed by atoms with Crippen molar-refractivity contribution in [2.45, 2.75) is 32.2 Å². The van der Waals surface area contributed by atoms with Gasteiger partial charge in [0.2, 0.25) is 10.0 Å². The third-order valence-corrected chi connectivity index (χ3v) is 6.88. The summed E-state index contributed by atoms with van der Waals surface area (Å²) in [5.74, 6) is 3.71. The number of nitrogens with one attached hydrogen (secondary N) is 1. The van der Waals surface area contributed by atoms with Gasteiger partial charge < -0.3 is 21.4 Å². The summed E-state index contributed by atoms with van der Waals surface area (Å²) in [5, 5.41) is 26.4. The Morgan fingerprint density at radius 1 is 1.26 bits per heavy atom. The monoisotopic (exact) mass is 448 g/mol. The maximum Gasteiger partial charge on any atom is 0.322 e. The van der Waals surface area contributed by atoms with Crippen molar-refractivity contribution in [3.8, 4) is 16.9 Å². The minimum atomic E-state index is -3.75. The average Bonchev–Trinajstić information content (AvgIpc) is 2.75. The third-order valence-electron chi connectivity index (χ3n) is 4.95. The Kier molecular flexibility index (Phi) is 8.40. The maximum atomic E-state index is 12.6. The fourth-order valence-corrected chi connectivity index (χ4v) is 4.73. The summed E-state index contributed by atoms with van der Waals surface area (Å²) in [7, 11) is -2.46. The predicted molar refractivity (Wildman–Crippen MR) is 121 cm³/mol. The van der Waals surface area contributed by atoms with E-state index in [2.05, 4.69) is 10.4 Å². The summed E-state index contributed by atoms with van der Waals surface area (Å²) in [4.78, 5) is 12.0. The van der Waals surface area contributed by atoms with Gasteiger partial charge in [-0.2, -0.15) is 9.41 Å². The van der Waals surface area contributed by atoms with Crippen LogP contribution in [0.1, 0.15) is 25.3 Å². The number of sulfonamides is 1. The van der Waals surface area contributed by atoms with E-state index >= 15 is 0 Å². The second-order valence-electron chi connectivity index (χ2n) is 7.03. The van der Waals surface area contributed by atoms with E-state index in [0.29, 0.717) is 35.2 Å². The van der Waals surface area contributed by atoms with Crippen LogP contribution in [0.5, 0.6) is 5.75 Å². The molecular weight excluding hydrogens is 420 g/mol. The number of unbranched alkanes of at least 4 members (excludes halogenated alkanes) is 1. The topological polar surface area (TPSA) is 145 Å². The normalized spacial score (nSPS) is 12.9. The van der Waals surface area contributed by atoms with Crippen LogP contribution in [0.15, 0.2) is 47.6 Å². The molecule has 31 heavy (non-hydrogen) atoms. The molecule has 0 fully saturated rings. The molecule has 0 aliphatic rings. The first-order chi connectivity index (χ1) is 14.7. The molecule has 0 saturated heterocycles. The third kappa shape index (κ3) is 5.96. The van der Waals surface area contributed by atoms with Crippen molar-refractivity contribution in [1.29, 1.82) is 0 Å². The van der Waals surface area contributed by atoms with Gasteiger partial charge in [0.15, 0.2) is 0 Å². The van der Waals surface area contributed by atoms with E-state index in [0.717, 1.165) is 4.31 Å². The number of nitrogens with zero attached hydrogens (tertiary/aromatic N) is 2. The molecular formula is C21H28N4O5S.